The number of benzene rings is 1. The molecule has 0 radical (unpaired) electrons. The highest BCUT2D eigenvalue weighted by Crippen LogP contribution is 2.25. The number of hydrogen-bond acceptors (Lipinski definition) is 3. The molecule has 1 aromatic rings. The van der Waals surface area contributed by atoms with Crippen molar-refractivity contribution in [3.8, 4) is 0 Å². The van der Waals surface area contributed by atoms with Gasteiger partial charge in [0, 0.05) is 25.3 Å². The summed E-state index contributed by atoms with van der Waals surface area (Å²) in [6.45, 7) is 4.36. The SMILES string of the molecule is Cc1ccc(N2CCCC(O)(CN)CC2)cc1. The minimum Gasteiger partial charge on any atom is -0.389 e. The van der Waals surface area contributed by atoms with Crippen molar-refractivity contribution in [2.75, 3.05) is 24.5 Å². The standard InChI is InChI=1S/C14H22N2O/c1-12-3-5-13(6-4-12)16-9-2-7-14(17,11-15)8-10-16/h3-6,17H,2,7-11,15H2,1H3. The van der Waals surface area contributed by atoms with Crippen LogP contribution < -0.4 is 10.6 Å². The highest BCUT2D eigenvalue weighted by atomic mass is 16.3. The molecule has 17 heavy (non-hydrogen) atoms. The third-order valence-electron chi connectivity index (χ3n) is 3.70. The second kappa shape index (κ2) is 5.07. The van der Waals surface area contributed by atoms with E-state index in [1.807, 2.05) is 0 Å². The Kier molecular flexibility index (Phi) is 3.69. The largest absolute Gasteiger partial charge is 0.389 e. The molecule has 3 heteroatoms. The fourth-order valence-corrected chi connectivity index (χ4v) is 2.40. The van der Waals surface area contributed by atoms with Crippen LogP contribution in [0.4, 0.5) is 5.69 Å². The van der Waals surface area contributed by atoms with Crippen LogP contribution in [0.25, 0.3) is 0 Å². The fraction of sp³-hybridized carbons (Fsp3) is 0.571. The van der Waals surface area contributed by atoms with Crippen LogP contribution in [-0.4, -0.2) is 30.3 Å². The third kappa shape index (κ3) is 2.99. The normalized spacial score (nSPS) is 25.7. The molecule has 1 atom stereocenters. The predicted molar refractivity (Wildman–Crippen MR) is 71.2 cm³/mol. The van der Waals surface area contributed by atoms with Crippen LogP contribution in [0.5, 0.6) is 0 Å². The van der Waals surface area contributed by atoms with E-state index in [4.69, 9.17) is 5.73 Å². The van der Waals surface area contributed by atoms with Gasteiger partial charge in [-0.05, 0) is 38.3 Å². The van der Waals surface area contributed by atoms with Crippen LogP contribution >= 0.6 is 0 Å². The van der Waals surface area contributed by atoms with Crippen molar-refractivity contribution in [2.24, 2.45) is 5.73 Å². The lowest BCUT2D eigenvalue weighted by Crippen LogP contribution is -2.38. The van der Waals surface area contributed by atoms with Crippen LogP contribution in [0.1, 0.15) is 24.8 Å². The second-order valence-electron chi connectivity index (χ2n) is 5.10. The first-order valence-electron chi connectivity index (χ1n) is 6.37. The minimum absolute atomic E-state index is 0.370. The Hall–Kier alpha value is -1.06. The number of hydrogen-bond donors (Lipinski definition) is 2. The van der Waals surface area contributed by atoms with Gasteiger partial charge in [0.05, 0.1) is 5.60 Å². The van der Waals surface area contributed by atoms with Gasteiger partial charge < -0.3 is 15.7 Å². The van der Waals surface area contributed by atoms with E-state index in [-0.39, 0.29) is 0 Å². The lowest BCUT2D eigenvalue weighted by Gasteiger charge is -2.26. The van der Waals surface area contributed by atoms with Gasteiger partial charge >= 0.3 is 0 Å². The Morgan fingerprint density at radius 2 is 1.94 bits per heavy atom. The molecule has 1 saturated heterocycles. The summed E-state index contributed by atoms with van der Waals surface area (Å²) in [6.07, 6.45) is 2.57. The molecule has 0 bridgehead atoms. The Balaban J connectivity index is 2.06. The van der Waals surface area contributed by atoms with Crippen molar-refractivity contribution in [3.63, 3.8) is 0 Å². The molecule has 1 aliphatic rings. The molecule has 3 nitrogen and oxygen atoms in total. The van der Waals surface area contributed by atoms with Gasteiger partial charge in [0.2, 0.25) is 0 Å². The number of anilines is 1. The van der Waals surface area contributed by atoms with Crippen molar-refractivity contribution in [1.29, 1.82) is 0 Å². The molecule has 0 aliphatic carbocycles. The first-order valence-corrected chi connectivity index (χ1v) is 6.37. The number of aliphatic hydroxyl groups is 1. The van der Waals surface area contributed by atoms with Crippen LogP contribution in [-0.2, 0) is 0 Å². The van der Waals surface area contributed by atoms with Gasteiger partial charge in [0.15, 0.2) is 0 Å². The van der Waals surface area contributed by atoms with E-state index in [9.17, 15) is 5.11 Å². The Bertz CT molecular complexity index is 363. The second-order valence-corrected chi connectivity index (χ2v) is 5.10. The molecule has 1 unspecified atom stereocenters. The zero-order valence-electron chi connectivity index (χ0n) is 10.5. The smallest absolute Gasteiger partial charge is 0.0786 e. The maximum Gasteiger partial charge on any atom is 0.0786 e. The fourth-order valence-electron chi connectivity index (χ4n) is 2.40. The van der Waals surface area contributed by atoms with Crippen LogP contribution in [0, 0.1) is 6.92 Å². The lowest BCUT2D eigenvalue weighted by molar-refractivity contribution is 0.0375. The minimum atomic E-state index is -0.653. The number of nitrogens with two attached hydrogens (primary N) is 1. The third-order valence-corrected chi connectivity index (χ3v) is 3.70. The zero-order valence-corrected chi connectivity index (χ0v) is 10.5. The highest BCUT2D eigenvalue weighted by molar-refractivity contribution is 5.47. The molecule has 94 valence electrons. The van der Waals surface area contributed by atoms with Gasteiger partial charge in [-0.2, -0.15) is 0 Å². The van der Waals surface area contributed by atoms with E-state index in [2.05, 4.69) is 36.1 Å². The summed E-state index contributed by atoms with van der Waals surface area (Å²) >= 11 is 0. The van der Waals surface area contributed by atoms with Gasteiger partial charge in [-0.25, -0.2) is 0 Å². The summed E-state index contributed by atoms with van der Waals surface area (Å²) in [4.78, 5) is 2.34. The van der Waals surface area contributed by atoms with Gasteiger partial charge in [-0.3, -0.25) is 0 Å². The van der Waals surface area contributed by atoms with E-state index in [1.54, 1.807) is 0 Å². The van der Waals surface area contributed by atoms with Crippen molar-refractivity contribution >= 4 is 5.69 Å². The van der Waals surface area contributed by atoms with Crippen molar-refractivity contribution in [2.45, 2.75) is 31.8 Å². The first kappa shape index (κ1) is 12.4. The molecule has 1 aromatic carbocycles. The van der Waals surface area contributed by atoms with Crippen LogP contribution in [0.15, 0.2) is 24.3 Å². The molecular weight excluding hydrogens is 212 g/mol. The van der Waals surface area contributed by atoms with Crippen LogP contribution in [0.3, 0.4) is 0 Å². The topological polar surface area (TPSA) is 49.5 Å². The molecule has 3 N–H and O–H groups in total. The molecule has 1 heterocycles. The summed E-state index contributed by atoms with van der Waals surface area (Å²) < 4.78 is 0. The monoisotopic (exact) mass is 234 g/mol. The molecule has 0 aromatic heterocycles. The van der Waals surface area contributed by atoms with Crippen molar-refractivity contribution in [3.05, 3.63) is 29.8 Å². The number of nitrogens with zero attached hydrogens (tertiary/aromatic N) is 1. The summed E-state index contributed by atoms with van der Waals surface area (Å²) in [5.74, 6) is 0. The Morgan fingerprint density at radius 3 is 2.59 bits per heavy atom. The average molecular weight is 234 g/mol. The molecule has 0 spiro atoms. The van der Waals surface area contributed by atoms with Crippen molar-refractivity contribution in [1.82, 2.24) is 0 Å². The van der Waals surface area contributed by atoms with Gasteiger partial charge in [0.25, 0.3) is 0 Å². The molecule has 2 rings (SSSR count). The summed E-state index contributed by atoms with van der Waals surface area (Å²) in [6, 6.07) is 8.58. The Labute approximate surface area is 103 Å². The van der Waals surface area contributed by atoms with E-state index >= 15 is 0 Å². The quantitative estimate of drug-likeness (QED) is 0.818. The number of rotatable bonds is 2. The average Bonchev–Trinajstić information content (AvgIpc) is 2.53. The first-order chi connectivity index (χ1) is 8.13. The molecule has 1 aliphatic heterocycles. The van der Waals surface area contributed by atoms with Crippen LogP contribution in [0.2, 0.25) is 0 Å². The Morgan fingerprint density at radius 1 is 1.24 bits per heavy atom. The number of aryl methyl sites for hydroxylation is 1. The summed E-state index contributed by atoms with van der Waals surface area (Å²) in [7, 11) is 0. The summed E-state index contributed by atoms with van der Waals surface area (Å²) in [5.41, 5.74) is 7.52. The van der Waals surface area contributed by atoms with Crippen molar-refractivity contribution < 1.29 is 5.11 Å². The molecule has 0 amide bonds. The predicted octanol–water partition coefficient (Wildman–Crippen LogP) is 1.68. The van der Waals surface area contributed by atoms with Gasteiger partial charge in [-0.15, -0.1) is 0 Å². The van der Waals surface area contributed by atoms with E-state index in [1.165, 1.54) is 11.3 Å². The summed E-state index contributed by atoms with van der Waals surface area (Å²) in [5, 5.41) is 10.2. The van der Waals surface area contributed by atoms with E-state index in [0.717, 1.165) is 32.4 Å². The zero-order chi connectivity index (χ0) is 12.3. The van der Waals surface area contributed by atoms with Gasteiger partial charge in [0.1, 0.15) is 0 Å². The highest BCUT2D eigenvalue weighted by Gasteiger charge is 2.28. The van der Waals surface area contributed by atoms with Gasteiger partial charge in [-0.1, -0.05) is 17.7 Å². The maximum atomic E-state index is 10.2. The van der Waals surface area contributed by atoms with E-state index in [0.29, 0.717) is 6.54 Å². The molecular formula is C14H22N2O. The molecule has 0 saturated carbocycles. The maximum absolute atomic E-state index is 10.2. The molecule has 1 fully saturated rings. The van der Waals surface area contributed by atoms with E-state index < -0.39 is 5.60 Å². The lowest BCUT2D eigenvalue weighted by atomic mass is 9.95.